The molecule has 2 rings (SSSR count). The highest BCUT2D eigenvalue weighted by molar-refractivity contribution is 6.32. The zero-order valence-electron chi connectivity index (χ0n) is 9.37. The summed E-state index contributed by atoms with van der Waals surface area (Å²) in [6, 6.07) is 4.22. The quantitative estimate of drug-likeness (QED) is 0.894. The zero-order valence-corrected chi connectivity index (χ0v) is 10.1. The van der Waals surface area contributed by atoms with Gasteiger partial charge in [0.25, 0.3) is 0 Å². The van der Waals surface area contributed by atoms with Crippen molar-refractivity contribution >= 4 is 17.6 Å². The van der Waals surface area contributed by atoms with E-state index in [1.807, 2.05) is 0 Å². The number of hydrogen-bond acceptors (Lipinski definition) is 5. The number of benzene rings is 1. The van der Waals surface area contributed by atoms with E-state index in [-0.39, 0.29) is 17.2 Å². The fourth-order valence-corrected chi connectivity index (χ4v) is 1.51. The van der Waals surface area contributed by atoms with E-state index in [1.165, 1.54) is 23.0 Å². The van der Waals surface area contributed by atoms with Crippen LogP contribution in [0.2, 0.25) is 5.02 Å². The van der Waals surface area contributed by atoms with E-state index in [0.29, 0.717) is 11.6 Å². The third-order valence-electron chi connectivity index (χ3n) is 2.09. The van der Waals surface area contributed by atoms with Crippen LogP contribution in [0, 0.1) is 0 Å². The van der Waals surface area contributed by atoms with Crippen LogP contribution in [0.1, 0.15) is 16.2 Å². The Hall–Kier alpha value is -2.15. The number of carboxylic acids is 1. The third kappa shape index (κ3) is 2.75. The Labute approximate surface area is 107 Å². The van der Waals surface area contributed by atoms with Gasteiger partial charge in [0.2, 0.25) is 5.82 Å². The summed E-state index contributed by atoms with van der Waals surface area (Å²) in [4.78, 5) is 12.0. The molecule has 0 saturated carbocycles. The number of nitrogens with zero attached hydrogens (tertiary/aromatic N) is 4. The standard InChI is InChI=1S/C10H9ClN4O3/c1-15-13-9(12-14-15)5-18-8-3-2-6(10(16)17)4-7(8)11/h2-4H,5H2,1H3,(H,16,17). The molecular weight excluding hydrogens is 260 g/mol. The molecule has 2 aromatic rings. The Morgan fingerprint density at radius 1 is 1.56 bits per heavy atom. The molecule has 0 aliphatic rings. The molecule has 1 N–H and O–H groups in total. The minimum atomic E-state index is -1.04. The number of ether oxygens (including phenoxy) is 1. The Kier molecular flexibility index (Phi) is 3.42. The van der Waals surface area contributed by atoms with Gasteiger partial charge in [-0.2, -0.15) is 4.80 Å². The van der Waals surface area contributed by atoms with Gasteiger partial charge in [0.05, 0.1) is 17.6 Å². The Morgan fingerprint density at radius 2 is 2.33 bits per heavy atom. The van der Waals surface area contributed by atoms with E-state index in [2.05, 4.69) is 15.4 Å². The predicted molar refractivity (Wildman–Crippen MR) is 61.5 cm³/mol. The molecule has 0 aliphatic carbocycles. The summed E-state index contributed by atoms with van der Waals surface area (Å²) in [7, 11) is 1.64. The Balaban J connectivity index is 2.08. The van der Waals surface area contributed by atoms with Crippen molar-refractivity contribution in [3.05, 3.63) is 34.6 Å². The number of halogens is 1. The fraction of sp³-hybridized carbons (Fsp3) is 0.200. The summed E-state index contributed by atoms with van der Waals surface area (Å²) in [5, 5.41) is 20.3. The van der Waals surface area contributed by atoms with E-state index in [4.69, 9.17) is 21.4 Å². The van der Waals surface area contributed by atoms with Crippen LogP contribution in [0.25, 0.3) is 0 Å². The molecule has 0 bridgehead atoms. The van der Waals surface area contributed by atoms with Gasteiger partial charge in [-0.05, 0) is 23.4 Å². The van der Waals surface area contributed by atoms with Gasteiger partial charge in [-0.3, -0.25) is 0 Å². The molecule has 1 heterocycles. The van der Waals surface area contributed by atoms with Gasteiger partial charge < -0.3 is 9.84 Å². The van der Waals surface area contributed by atoms with Gasteiger partial charge in [0, 0.05) is 0 Å². The lowest BCUT2D eigenvalue weighted by atomic mass is 10.2. The molecule has 1 aromatic heterocycles. The minimum Gasteiger partial charge on any atom is -0.484 e. The van der Waals surface area contributed by atoms with Gasteiger partial charge >= 0.3 is 5.97 Å². The number of rotatable bonds is 4. The molecule has 0 amide bonds. The second-order valence-corrected chi connectivity index (χ2v) is 3.84. The molecule has 18 heavy (non-hydrogen) atoms. The van der Waals surface area contributed by atoms with E-state index in [1.54, 1.807) is 7.05 Å². The number of aromatic nitrogens is 4. The first-order valence-corrected chi connectivity index (χ1v) is 5.32. The number of carboxylic acid groups (broad SMARTS) is 1. The van der Waals surface area contributed by atoms with Gasteiger partial charge in [0.15, 0.2) is 6.61 Å². The van der Waals surface area contributed by atoms with Crippen LogP contribution in [0.5, 0.6) is 5.75 Å². The van der Waals surface area contributed by atoms with E-state index in [9.17, 15) is 4.79 Å². The molecule has 0 radical (unpaired) electrons. The maximum absolute atomic E-state index is 10.7. The molecule has 0 unspecified atom stereocenters. The maximum Gasteiger partial charge on any atom is 0.335 e. The first-order valence-electron chi connectivity index (χ1n) is 4.95. The number of aromatic carboxylic acids is 1. The second kappa shape index (κ2) is 5.01. The van der Waals surface area contributed by atoms with Crippen LogP contribution in [0.15, 0.2) is 18.2 Å². The molecule has 7 nitrogen and oxygen atoms in total. The topological polar surface area (TPSA) is 90.1 Å². The zero-order chi connectivity index (χ0) is 13.1. The fourth-order valence-electron chi connectivity index (χ4n) is 1.27. The number of carbonyl (C=O) groups is 1. The average Bonchev–Trinajstić information content (AvgIpc) is 2.73. The number of aryl methyl sites for hydroxylation is 1. The number of tetrazole rings is 1. The van der Waals surface area contributed by atoms with Crippen molar-refractivity contribution in [3.8, 4) is 5.75 Å². The van der Waals surface area contributed by atoms with Crippen LogP contribution in [-0.4, -0.2) is 31.3 Å². The summed E-state index contributed by atoms with van der Waals surface area (Å²) in [5.74, 6) is -0.260. The highest BCUT2D eigenvalue weighted by Gasteiger charge is 2.09. The molecular formula is C10H9ClN4O3. The van der Waals surface area contributed by atoms with E-state index < -0.39 is 5.97 Å². The average molecular weight is 269 g/mol. The summed E-state index contributed by atoms with van der Waals surface area (Å²) >= 11 is 5.89. The molecule has 0 fully saturated rings. The van der Waals surface area contributed by atoms with Gasteiger partial charge in [-0.15, -0.1) is 10.2 Å². The highest BCUT2D eigenvalue weighted by Crippen LogP contribution is 2.25. The van der Waals surface area contributed by atoms with E-state index in [0.717, 1.165) is 0 Å². The Bertz CT molecular complexity index is 584. The van der Waals surface area contributed by atoms with Crippen LogP contribution >= 0.6 is 11.6 Å². The lowest BCUT2D eigenvalue weighted by Gasteiger charge is -2.06. The largest absolute Gasteiger partial charge is 0.484 e. The number of hydrogen-bond donors (Lipinski definition) is 1. The molecule has 1 aromatic carbocycles. The van der Waals surface area contributed by atoms with Crippen LogP contribution < -0.4 is 4.74 Å². The first kappa shape index (κ1) is 12.3. The highest BCUT2D eigenvalue weighted by atomic mass is 35.5. The lowest BCUT2D eigenvalue weighted by Crippen LogP contribution is -2.01. The van der Waals surface area contributed by atoms with E-state index >= 15 is 0 Å². The predicted octanol–water partition coefficient (Wildman–Crippen LogP) is 1.14. The SMILES string of the molecule is Cn1nnc(COc2ccc(C(=O)O)cc2Cl)n1. The van der Waals surface area contributed by atoms with Crippen molar-refractivity contribution in [3.63, 3.8) is 0 Å². The van der Waals surface area contributed by atoms with Crippen LogP contribution in [0.4, 0.5) is 0 Å². The summed E-state index contributed by atoms with van der Waals surface area (Å²) in [5.41, 5.74) is 0.102. The maximum atomic E-state index is 10.7. The van der Waals surface area contributed by atoms with Gasteiger partial charge in [0.1, 0.15) is 5.75 Å². The molecule has 0 spiro atoms. The summed E-state index contributed by atoms with van der Waals surface area (Å²) in [6.07, 6.45) is 0. The first-order chi connectivity index (χ1) is 8.56. The monoisotopic (exact) mass is 268 g/mol. The minimum absolute atomic E-state index is 0.102. The van der Waals surface area contributed by atoms with Crippen molar-refractivity contribution in [1.82, 2.24) is 20.2 Å². The summed E-state index contributed by atoms with van der Waals surface area (Å²) < 4.78 is 5.37. The van der Waals surface area contributed by atoms with Crippen molar-refractivity contribution < 1.29 is 14.6 Å². The molecule has 0 atom stereocenters. The smallest absolute Gasteiger partial charge is 0.335 e. The molecule has 8 heteroatoms. The van der Waals surface area contributed by atoms with Crippen LogP contribution in [0.3, 0.4) is 0 Å². The lowest BCUT2D eigenvalue weighted by molar-refractivity contribution is 0.0697. The van der Waals surface area contributed by atoms with Gasteiger partial charge in [-0.25, -0.2) is 4.79 Å². The third-order valence-corrected chi connectivity index (χ3v) is 2.38. The van der Waals surface area contributed by atoms with Crippen molar-refractivity contribution in [2.75, 3.05) is 0 Å². The molecule has 94 valence electrons. The second-order valence-electron chi connectivity index (χ2n) is 3.43. The van der Waals surface area contributed by atoms with Crippen molar-refractivity contribution in [2.24, 2.45) is 7.05 Å². The van der Waals surface area contributed by atoms with Crippen molar-refractivity contribution in [1.29, 1.82) is 0 Å². The van der Waals surface area contributed by atoms with Crippen LogP contribution in [-0.2, 0) is 13.7 Å². The van der Waals surface area contributed by atoms with Gasteiger partial charge in [-0.1, -0.05) is 11.6 Å². The normalized spacial score (nSPS) is 10.3. The van der Waals surface area contributed by atoms with Crippen molar-refractivity contribution in [2.45, 2.75) is 6.61 Å². The molecule has 0 aliphatic heterocycles. The Morgan fingerprint density at radius 3 is 2.89 bits per heavy atom. The molecule has 0 saturated heterocycles. The summed E-state index contributed by atoms with van der Waals surface area (Å²) in [6.45, 7) is 0.111.